The maximum absolute atomic E-state index is 13.1. The highest BCUT2D eigenvalue weighted by Crippen LogP contribution is 2.33. The van der Waals surface area contributed by atoms with Gasteiger partial charge in [0.25, 0.3) is 5.91 Å². The van der Waals surface area contributed by atoms with Crippen molar-refractivity contribution in [3.8, 4) is 5.75 Å². The van der Waals surface area contributed by atoms with Gasteiger partial charge in [-0.05, 0) is 43.7 Å². The highest BCUT2D eigenvalue weighted by atomic mass is 16.5. The zero-order valence-electron chi connectivity index (χ0n) is 17.1. The normalized spacial score (nSPS) is 17.5. The Kier molecular flexibility index (Phi) is 6.47. The van der Waals surface area contributed by atoms with Crippen LogP contribution in [0.2, 0.25) is 0 Å². The number of rotatable bonds is 7. The fourth-order valence-corrected chi connectivity index (χ4v) is 3.38. The molecule has 3 rings (SSSR count). The maximum Gasteiger partial charge on any atom is 0.257 e. The van der Waals surface area contributed by atoms with Crippen molar-refractivity contribution in [2.45, 2.75) is 38.8 Å². The van der Waals surface area contributed by atoms with Crippen LogP contribution in [0.25, 0.3) is 0 Å². The molecular weight excluding hydrogens is 350 g/mol. The van der Waals surface area contributed by atoms with E-state index in [1.165, 1.54) is 0 Å². The Bertz CT molecular complexity index is 818. The number of benzene rings is 2. The zero-order valence-corrected chi connectivity index (χ0v) is 17.1. The molecule has 0 aromatic heterocycles. The molecule has 0 saturated carbocycles. The van der Waals surface area contributed by atoms with Crippen LogP contribution in [0.5, 0.6) is 5.75 Å². The van der Waals surface area contributed by atoms with E-state index >= 15 is 0 Å². The van der Waals surface area contributed by atoms with Crippen molar-refractivity contribution in [1.29, 1.82) is 0 Å². The lowest BCUT2D eigenvalue weighted by atomic mass is 9.98. The first kappa shape index (κ1) is 20.1. The fourth-order valence-electron chi connectivity index (χ4n) is 3.38. The molecule has 0 saturated heterocycles. The molecule has 0 fully saturated rings. The van der Waals surface area contributed by atoms with Crippen LogP contribution >= 0.6 is 0 Å². The van der Waals surface area contributed by atoms with Crippen LogP contribution in [0.1, 0.15) is 43.9 Å². The molecule has 5 heteroatoms. The van der Waals surface area contributed by atoms with Gasteiger partial charge in [-0.3, -0.25) is 9.69 Å². The number of hydrogen-bond acceptors (Lipinski definition) is 4. The standard InChI is InChI=1S/C23H29N3O2/c1-5-17(2)25(3)16-23(27)26-22(19-11-13-20(28-4)14-12-19)15-21(24-26)18-9-7-6-8-10-18/h6-14,17,22H,5,15-16H2,1-4H3. The van der Waals surface area contributed by atoms with Gasteiger partial charge in [-0.25, -0.2) is 5.01 Å². The van der Waals surface area contributed by atoms with Gasteiger partial charge < -0.3 is 4.74 Å². The summed E-state index contributed by atoms with van der Waals surface area (Å²) in [4.78, 5) is 15.2. The first-order chi connectivity index (χ1) is 13.5. The molecule has 1 aliphatic heterocycles. The number of carbonyl (C=O) groups is 1. The van der Waals surface area contributed by atoms with E-state index in [4.69, 9.17) is 9.84 Å². The first-order valence-corrected chi connectivity index (χ1v) is 9.82. The highest BCUT2D eigenvalue weighted by molar-refractivity contribution is 6.03. The number of hydrazone groups is 1. The van der Waals surface area contributed by atoms with Crippen molar-refractivity contribution >= 4 is 11.6 Å². The summed E-state index contributed by atoms with van der Waals surface area (Å²) in [6.45, 7) is 4.62. The van der Waals surface area contributed by atoms with Crippen LogP contribution in [0.3, 0.4) is 0 Å². The molecule has 0 radical (unpaired) electrons. The topological polar surface area (TPSA) is 45.1 Å². The predicted molar refractivity (Wildman–Crippen MR) is 113 cm³/mol. The SMILES string of the molecule is CCC(C)N(C)CC(=O)N1N=C(c2ccccc2)CC1c1ccc(OC)cc1. The average molecular weight is 380 g/mol. The minimum absolute atomic E-state index is 0.0227. The van der Waals surface area contributed by atoms with Crippen LogP contribution in [-0.4, -0.2) is 48.3 Å². The van der Waals surface area contributed by atoms with Gasteiger partial charge in [-0.2, -0.15) is 5.10 Å². The van der Waals surface area contributed by atoms with Gasteiger partial charge in [0.05, 0.1) is 25.4 Å². The number of nitrogens with zero attached hydrogens (tertiary/aromatic N) is 3. The van der Waals surface area contributed by atoms with E-state index in [1.807, 2.05) is 61.6 Å². The lowest BCUT2D eigenvalue weighted by Gasteiger charge is -2.27. The second kappa shape index (κ2) is 9.02. The fraction of sp³-hybridized carbons (Fsp3) is 0.391. The van der Waals surface area contributed by atoms with Crippen molar-refractivity contribution in [3.05, 3.63) is 65.7 Å². The summed E-state index contributed by atoms with van der Waals surface area (Å²) in [6.07, 6.45) is 1.71. The van der Waals surface area contributed by atoms with Crippen LogP contribution in [0, 0.1) is 0 Å². The van der Waals surface area contributed by atoms with E-state index in [0.717, 1.165) is 29.0 Å². The molecule has 0 aliphatic carbocycles. The van der Waals surface area contributed by atoms with Gasteiger partial charge in [-0.15, -0.1) is 0 Å². The molecule has 2 aromatic carbocycles. The molecule has 0 bridgehead atoms. The molecule has 2 unspecified atom stereocenters. The number of amides is 1. The molecule has 2 aromatic rings. The van der Waals surface area contributed by atoms with Gasteiger partial charge in [-0.1, -0.05) is 49.4 Å². The van der Waals surface area contributed by atoms with E-state index < -0.39 is 0 Å². The van der Waals surface area contributed by atoms with Gasteiger partial charge in [0.2, 0.25) is 0 Å². The van der Waals surface area contributed by atoms with Crippen molar-refractivity contribution in [2.24, 2.45) is 5.10 Å². The van der Waals surface area contributed by atoms with Crippen LogP contribution < -0.4 is 4.74 Å². The predicted octanol–water partition coefficient (Wildman–Crippen LogP) is 4.10. The van der Waals surface area contributed by atoms with Gasteiger partial charge >= 0.3 is 0 Å². The monoisotopic (exact) mass is 379 g/mol. The number of ether oxygens (including phenoxy) is 1. The van der Waals surface area contributed by atoms with Crippen molar-refractivity contribution in [3.63, 3.8) is 0 Å². The molecule has 1 heterocycles. The largest absolute Gasteiger partial charge is 0.497 e. The maximum atomic E-state index is 13.1. The summed E-state index contributed by atoms with van der Waals surface area (Å²) >= 11 is 0. The molecule has 0 spiro atoms. The zero-order chi connectivity index (χ0) is 20.1. The quantitative estimate of drug-likeness (QED) is 0.727. The first-order valence-electron chi connectivity index (χ1n) is 9.82. The number of likely N-dealkylation sites (N-methyl/N-ethyl adjacent to an activating group) is 1. The lowest BCUT2D eigenvalue weighted by molar-refractivity contribution is -0.134. The van der Waals surface area contributed by atoms with Crippen LogP contribution in [-0.2, 0) is 4.79 Å². The summed E-state index contributed by atoms with van der Waals surface area (Å²) < 4.78 is 5.27. The van der Waals surface area contributed by atoms with E-state index in [9.17, 15) is 4.79 Å². The minimum atomic E-state index is -0.0982. The third kappa shape index (κ3) is 4.42. The van der Waals surface area contributed by atoms with Gasteiger partial charge in [0, 0.05) is 12.5 Å². The summed E-state index contributed by atoms with van der Waals surface area (Å²) in [6, 6.07) is 18.2. The van der Waals surface area contributed by atoms with Crippen molar-refractivity contribution in [1.82, 2.24) is 9.91 Å². The van der Waals surface area contributed by atoms with Crippen molar-refractivity contribution in [2.75, 3.05) is 20.7 Å². The molecular formula is C23H29N3O2. The Balaban J connectivity index is 1.87. The third-order valence-electron chi connectivity index (χ3n) is 5.50. The third-order valence-corrected chi connectivity index (χ3v) is 5.50. The lowest BCUT2D eigenvalue weighted by Crippen LogP contribution is -2.40. The van der Waals surface area contributed by atoms with E-state index in [2.05, 4.69) is 18.7 Å². The Morgan fingerprint density at radius 3 is 2.50 bits per heavy atom. The van der Waals surface area contributed by atoms with Crippen LogP contribution in [0.4, 0.5) is 0 Å². The molecule has 1 amide bonds. The molecule has 28 heavy (non-hydrogen) atoms. The minimum Gasteiger partial charge on any atom is -0.497 e. The summed E-state index contributed by atoms with van der Waals surface area (Å²) in [5, 5.41) is 6.41. The second-order valence-corrected chi connectivity index (χ2v) is 7.32. The van der Waals surface area contributed by atoms with E-state index in [1.54, 1.807) is 12.1 Å². The second-order valence-electron chi connectivity index (χ2n) is 7.32. The summed E-state index contributed by atoms with van der Waals surface area (Å²) in [5.74, 6) is 0.829. The summed E-state index contributed by atoms with van der Waals surface area (Å²) in [5.41, 5.74) is 3.07. The Labute approximate surface area is 167 Å². The van der Waals surface area contributed by atoms with Crippen LogP contribution in [0.15, 0.2) is 59.7 Å². The molecule has 0 N–H and O–H groups in total. The Hall–Kier alpha value is -2.66. The van der Waals surface area contributed by atoms with Gasteiger partial charge in [0.15, 0.2) is 0 Å². The smallest absolute Gasteiger partial charge is 0.257 e. The molecule has 2 atom stereocenters. The number of methoxy groups -OCH3 is 1. The number of hydrogen-bond donors (Lipinski definition) is 0. The molecule has 1 aliphatic rings. The molecule has 5 nitrogen and oxygen atoms in total. The van der Waals surface area contributed by atoms with E-state index in [-0.39, 0.29) is 11.9 Å². The molecule has 148 valence electrons. The van der Waals surface area contributed by atoms with Gasteiger partial charge in [0.1, 0.15) is 5.75 Å². The summed E-state index contributed by atoms with van der Waals surface area (Å²) in [7, 11) is 3.65. The van der Waals surface area contributed by atoms with E-state index in [0.29, 0.717) is 19.0 Å². The Morgan fingerprint density at radius 2 is 1.89 bits per heavy atom. The highest BCUT2D eigenvalue weighted by Gasteiger charge is 2.33. The van der Waals surface area contributed by atoms with Crippen molar-refractivity contribution < 1.29 is 9.53 Å². The Morgan fingerprint density at radius 1 is 1.21 bits per heavy atom. The average Bonchev–Trinajstić information content (AvgIpc) is 3.19. The number of carbonyl (C=O) groups excluding carboxylic acids is 1.